The predicted octanol–water partition coefficient (Wildman–Crippen LogP) is 1.40. The van der Waals surface area contributed by atoms with Gasteiger partial charge in [0.05, 0.1) is 0 Å². The number of carboxylic acid groups (broad SMARTS) is 1. The molecule has 0 bridgehead atoms. The Morgan fingerprint density at radius 2 is 2.07 bits per heavy atom. The summed E-state index contributed by atoms with van der Waals surface area (Å²) in [7, 11) is 0. The summed E-state index contributed by atoms with van der Waals surface area (Å²) in [5, 5.41) is 11.6. The van der Waals surface area contributed by atoms with Gasteiger partial charge in [-0.1, -0.05) is 19.8 Å². The minimum Gasteiger partial charge on any atom is -0.480 e. The van der Waals surface area contributed by atoms with Crippen LogP contribution < -0.4 is 5.32 Å². The van der Waals surface area contributed by atoms with Crippen molar-refractivity contribution in [2.24, 2.45) is 11.8 Å². The molecule has 4 heteroatoms. The van der Waals surface area contributed by atoms with E-state index in [1.54, 1.807) is 0 Å². The lowest BCUT2D eigenvalue weighted by atomic mass is 9.78. The van der Waals surface area contributed by atoms with Gasteiger partial charge < -0.3 is 10.4 Å². The average molecular weight is 213 g/mol. The smallest absolute Gasteiger partial charge is 0.326 e. The highest BCUT2D eigenvalue weighted by Gasteiger charge is 2.31. The number of hydrogen-bond acceptors (Lipinski definition) is 2. The second-order valence-electron chi connectivity index (χ2n) is 4.55. The molecule has 0 saturated heterocycles. The SMILES string of the molecule is CC(=O)NC(C(=O)O)C1CCCC(C)C1. The Bertz CT molecular complexity index is 252. The molecular formula is C11H19NO3. The lowest BCUT2D eigenvalue weighted by Gasteiger charge is -2.31. The van der Waals surface area contributed by atoms with Crippen LogP contribution in [0.5, 0.6) is 0 Å². The van der Waals surface area contributed by atoms with Gasteiger partial charge in [-0.05, 0) is 24.7 Å². The third kappa shape index (κ3) is 3.53. The van der Waals surface area contributed by atoms with Gasteiger partial charge in [0.2, 0.25) is 5.91 Å². The van der Waals surface area contributed by atoms with E-state index in [0.29, 0.717) is 5.92 Å². The molecule has 0 aliphatic heterocycles. The molecule has 0 aromatic heterocycles. The van der Waals surface area contributed by atoms with Gasteiger partial charge in [0, 0.05) is 6.92 Å². The number of carboxylic acids is 1. The number of hydrogen-bond donors (Lipinski definition) is 2. The molecule has 1 amide bonds. The second kappa shape index (κ2) is 5.14. The summed E-state index contributed by atoms with van der Waals surface area (Å²) in [6.07, 6.45) is 4.04. The number of carbonyl (C=O) groups excluding carboxylic acids is 1. The maximum atomic E-state index is 11.0. The fourth-order valence-corrected chi connectivity index (χ4v) is 2.38. The standard InChI is InChI=1S/C11H19NO3/c1-7-4-3-5-9(6-7)10(11(14)15)12-8(2)13/h7,9-10H,3-6H2,1-2H3,(H,12,13)(H,14,15). The minimum absolute atomic E-state index is 0.0927. The van der Waals surface area contributed by atoms with Gasteiger partial charge in [0.25, 0.3) is 0 Å². The van der Waals surface area contributed by atoms with Crippen molar-refractivity contribution in [2.45, 2.75) is 45.6 Å². The van der Waals surface area contributed by atoms with Crippen LogP contribution in [0.15, 0.2) is 0 Å². The van der Waals surface area contributed by atoms with Gasteiger partial charge in [-0.3, -0.25) is 4.79 Å². The Kier molecular flexibility index (Phi) is 4.12. The van der Waals surface area contributed by atoms with Gasteiger partial charge in [0.1, 0.15) is 6.04 Å². The van der Waals surface area contributed by atoms with E-state index < -0.39 is 12.0 Å². The molecule has 1 aliphatic carbocycles. The summed E-state index contributed by atoms with van der Waals surface area (Å²) in [6.45, 7) is 3.50. The molecule has 1 aliphatic rings. The average Bonchev–Trinajstić information content (AvgIpc) is 2.13. The van der Waals surface area contributed by atoms with Crippen molar-refractivity contribution in [1.82, 2.24) is 5.32 Å². The topological polar surface area (TPSA) is 66.4 Å². The molecule has 3 atom stereocenters. The van der Waals surface area contributed by atoms with Crippen molar-refractivity contribution in [3.8, 4) is 0 Å². The van der Waals surface area contributed by atoms with Crippen LogP contribution in [0.25, 0.3) is 0 Å². The number of amides is 1. The Labute approximate surface area is 90.0 Å². The van der Waals surface area contributed by atoms with Crippen LogP contribution in [0.4, 0.5) is 0 Å². The molecule has 1 fully saturated rings. The second-order valence-corrected chi connectivity index (χ2v) is 4.55. The molecule has 1 saturated carbocycles. The molecule has 0 spiro atoms. The van der Waals surface area contributed by atoms with E-state index in [4.69, 9.17) is 5.11 Å². The first kappa shape index (κ1) is 12.0. The van der Waals surface area contributed by atoms with Crippen molar-refractivity contribution in [3.05, 3.63) is 0 Å². The minimum atomic E-state index is -0.913. The van der Waals surface area contributed by atoms with Crippen LogP contribution >= 0.6 is 0 Å². The van der Waals surface area contributed by atoms with E-state index in [0.717, 1.165) is 19.3 Å². The zero-order valence-electron chi connectivity index (χ0n) is 9.32. The largest absolute Gasteiger partial charge is 0.480 e. The van der Waals surface area contributed by atoms with Gasteiger partial charge in [-0.2, -0.15) is 0 Å². The molecule has 0 aromatic rings. The fourth-order valence-electron chi connectivity index (χ4n) is 2.38. The third-order valence-corrected chi connectivity index (χ3v) is 3.07. The first-order valence-electron chi connectivity index (χ1n) is 5.50. The molecule has 2 N–H and O–H groups in total. The number of carbonyl (C=O) groups is 2. The highest BCUT2D eigenvalue weighted by atomic mass is 16.4. The molecule has 1 rings (SSSR count). The van der Waals surface area contributed by atoms with Gasteiger partial charge in [-0.25, -0.2) is 4.79 Å². The lowest BCUT2D eigenvalue weighted by molar-refractivity contribution is -0.143. The van der Waals surface area contributed by atoms with Crippen molar-refractivity contribution >= 4 is 11.9 Å². The first-order chi connectivity index (χ1) is 7.00. The van der Waals surface area contributed by atoms with E-state index in [9.17, 15) is 9.59 Å². The summed E-state index contributed by atoms with van der Waals surface area (Å²) in [5.74, 6) is -0.514. The molecule has 0 aromatic carbocycles. The maximum absolute atomic E-state index is 11.0. The Morgan fingerprint density at radius 1 is 1.40 bits per heavy atom. The number of aliphatic carboxylic acids is 1. The zero-order chi connectivity index (χ0) is 11.4. The summed E-state index contributed by atoms with van der Waals surface area (Å²) in [5.41, 5.74) is 0. The van der Waals surface area contributed by atoms with Crippen molar-refractivity contribution in [3.63, 3.8) is 0 Å². The molecule has 4 nitrogen and oxygen atoms in total. The third-order valence-electron chi connectivity index (χ3n) is 3.07. The van der Waals surface area contributed by atoms with Crippen LogP contribution in [-0.4, -0.2) is 23.0 Å². The summed E-state index contributed by atoms with van der Waals surface area (Å²) in [4.78, 5) is 21.9. The Morgan fingerprint density at radius 3 is 2.53 bits per heavy atom. The molecule has 0 radical (unpaired) electrons. The predicted molar refractivity (Wildman–Crippen MR) is 56.4 cm³/mol. The highest BCUT2D eigenvalue weighted by molar-refractivity contribution is 5.82. The maximum Gasteiger partial charge on any atom is 0.326 e. The fraction of sp³-hybridized carbons (Fsp3) is 0.818. The van der Waals surface area contributed by atoms with Gasteiger partial charge in [-0.15, -0.1) is 0 Å². The quantitative estimate of drug-likeness (QED) is 0.744. The Balaban J connectivity index is 2.61. The summed E-state index contributed by atoms with van der Waals surface area (Å²) in [6, 6.07) is -0.703. The monoisotopic (exact) mass is 213 g/mol. The van der Waals surface area contributed by atoms with Crippen molar-refractivity contribution < 1.29 is 14.7 Å². The molecule has 3 unspecified atom stereocenters. The molecule has 15 heavy (non-hydrogen) atoms. The Hall–Kier alpha value is -1.06. The van der Waals surface area contributed by atoms with Crippen molar-refractivity contribution in [1.29, 1.82) is 0 Å². The highest BCUT2D eigenvalue weighted by Crippen LogP contribution is 2.30. The van der Waals surface area contributed by atoms with E-state index in [1.165, 1.54) is 13.3 Å². The van der Waals surface area contributed by atoms with E-state index >= 15 is 0 Å². The molecular weight excluding hydrogens is 194 g/mol. The van der Waals surface area contributed by atoms with Crippen LogP contribution in [-0.2, 0) is 9.59 Å². The van der Waals surface area contributed by atoms with Crippen molar-refractivity contribution in [2.75, 3.05) is 0 Å². The normalized spacial score (nSPS) is 28.1. The van der Waals surface area contributed by atoms with Gasteiger partial charge in [0.15, 0.2) is 0 Å². The van der Waals surface area contributed by atoms with E-state index in [-0.39, 0.29) is 11.8 Å². The van der Waals surface area contributed by atoms with E-state index in [1.807, 2.05) is 0 Å². The number of rotatable bonds is 3. The van der Waals surface area contributed by atoms with Crippen LogP contribution in [0.1, 0.15) is 39.5 Å². The first-order valence-corrected chi connectivity index (χ1v) is 5.50. The van der Waals surface area contributed by atoms with Gasteiger partial charge >= 0.3 is 5.97 Å². The summed E-state index contributed by atoms with van der Waals surface area (Å²) >= 11 is 0. The van der Waals surface area contributed by atoms with E-state index in [2.05, 4.69) is 12.2 Å². The van der Waals surface area contributed by atoms with Crippen LogP contribution in [0.3, 0.4) is 0 Å². The number of nitrogens with one attached hydrogen (secondary N) is 1. The van der Waals surface area contributed by atoms with Crippen LogP contribution in [0.2, 0.25) is 0 Å². The zero-order valence-corrected chi connectivity index (χ0v) is 9.32. The summed E-state index contributed by atoms with van der Waals surface area (Å²) < 4.78 is 0. The molecule has 0 heterocycles. The van der Waals surface area contributed by atoms with Crippen LogP contribution in [0, 0.1) is 11.8 Å². The lowest BCUT2D eigenvalue weighted by Crippen LogP contribution is -2.46. The molecule has 86 valence electrons.